The third-order valence-electron chi connectivity index (χ3n) is 3.34. The SMILES string of the molecule is CC(=O)NCc1ccc(-c2csc(NC(=O)c3c(F)cccc3F)n2)s1. The molecular formula is C17H13F2N3O2S2. The molecule has 2 N–H and O–H groups in total. The second-order valence-corrected chi connectivity index (χ2v) is 7.29. The van der Waals surface area contributed by atoms with Crippen LogP contribution in [0.3, 0.4) is 0 Å². The van der Waals surface area contributed by atoms with E-state index in [0.29, 0.717) is 12.2 Å². The van der Waals surface area contributed by atoms with Crippen molar-refractivity contribution >= 4 is 39.6 Å². The van der Waals surface area contributed by atoms with Gasteiger partial charge >= 0.3 is 0 Å². The number of aromatic nitrogens is 1. The van der Waals surface area contributed by atoms with Crippen LogP contribution in [0.1, 0.15) is 22.2 Å². The third-order valence-corrected chi connectivity index (χ3v) is 5.21. The number of benzene rings is 1. The summed E-state index contributed by atoms with van der Waals surface area (Å²) in [5, 5.41) is 7.10. The largest absolute Gasteiger partial charge is 0.351 e. The molecule has 0 bridgehead atoms. The van der Waals surface area contributed by atoms with Gasteiger partial charge in [-0.25, -0.2) is 13.8 Å². The van der Waals surface area contributed by atoms with Gasteiger partial charge in [0.15, 0.2) is 5.13 Å². The molecule has 3 aromatic rings. The molecule has 3 rings (SSSR count). The van der Waals surface area contributed by atoms with Gasteiger partial charge < -0.3 is 5.32 Å². The Morgan fingerprint density at radius 1 is 1.15 bits per heavy atom. The molecule has 2 amide bonds. The number of carbonyl (C=O) groups excluding carboxylic acids is 2. The Balaban J connectivity index is 1.72. The molecule has 0 saturated heterocycles. The van der Waals surface area contributed by atoms with Gasteiger partial charge in [0.05, 0.1) is 17.1 Å². The van der Waals surface area contributed by atoms with E-state index in [0.717, 1.165) is 33.2 Å². The van der Waals surface area contributed by atoms with Crippen molar-refractivity contribution in [2.45, 2.75) is 13.5 Å². The van der Waals surface area contributed by atoms with E-state index in [2.05, 4.69) is 15.6 Å². The number of thiazole rings is 1. The lowest BCUT2D eigenvalue weighted by atomic mass is 10.2. The average Bonchev–Trinajstić information content (AvgIpc) is 3.21. The van der Waals surface area contributed by atoms with Gasteiger partial charge in [-0.1, -0.05) is 6.07 Å². The fraction of sp³-hybridized carbons (Fsp3) is 0.118. The van der Waals surface area contributed by atoms with Crippen molar-refractivity contribution in [3.63, 3.8) is 0 Å². The van der Waals surface area contributed by atoms with E-state index in [1.54, 1.807) is 5.38 Å². The van der Waals surface area contributed by atoms with Crippen LogP contribution in [0.2, 0.25) is 0 Å². The second kappa shape index (κ2) is 7.71. The minimum absolute atomic E-state index is 0.112. The Morgan fingerprint density at radius 3 is 2.58 bits per heavy atom. The Labute approximate surface area is 155 Å². The molecule has 26 heavy (non-hydrogen) atoms. The van der Waals surface area contributed by atoms with Crippen LogP contribution in [0.5, 0.6) is 0 Å². The van der Waals surface area contributed by atoms with Gasteiger partial charge in [-0.2, -0.15) is 0 Å². The van der Waals surface area contributed by atoms with Crippen LogP contribution in [0.15, 0.2) is 35.7 Å². The number of carbonyl (C=O) groups is 2. The van der Waals surface area contributed by atoms with Gasteiger partial charge in [0.1, 0.15) is 17.2 Å². The summed E-state index contributed by atoms with van der Waals surface area (Å²) in [7, 11) is 0. The lowest BCUT2D eigenvalue weighted by Crippen LogP contribution is -2.17. The summed E-state index contributed by atoms with van der Waals surface area (Å²) in [6, 6.07) is 6.97. The predicted molar refractivity (Wildman–Crippen MR) is 97.3 cm³/mol. The molecule has 2 aromatic heterocycles. The quantitative estimate of drug-likeness (QED) is 0.687. The molecule has 134 valence electrons. The van der Waals surface area contributed by atoms with E-state index in [-0.39, 0.29) is 11.0 Å². The molecule has 0 aliphatic rings. The number of halogens is 2. The highest BCUT2D eigenvalue weighted by Gasteiger charge is 2.18. The molecule has 0 fully saturated rings. The highest BCUT2D eigenvalue weighted by atomic mass is 32.1. The average molecular weight is 393 g/mol. The standard InChI is InChI=1S/C17H13F2N3O2S2/c1-9(23)20-7-10-5-6-14(26-10)13-8-25-17(21-13)22-16(24)15-11(18)3-2-4-12(15)19/h2-6,8H,7H2,1H3,(H,20,23)(H,21,22,24). The van der Waals surface area contributed by atoms with Gasteiger partial charge in [-0.3, -0.25) is 14.9 Å². The highest BCUT2D eigenvalue weighted by molar-refractivity contribution is 7.17. The Bertz CT molecular complexity index is 948. The fourth-order valence-corrected chi connectivity index (χ4v) is 3.83. The number of thiophene rings is 1. The van der Waals surface area contributed by atoms with Crippen molar-refractivity contribution in [3.8, 4) is 10.6 Å². The molecule has 0 saturated carbocycles. The van der Waals surface area contributed by atoms with Crippen molar-refractivity contribution in [3.05, 3.63) is 57.8 Å². The maximum atomic E-state index is 13.7. The lowest BCUT2D eigenvalue weighted by molar-refractivity contribution is -0.119. The summed E-state index contributed by atoms with van der Waals surface area (Å²) in [5.41, 5.74) is -0.00338. The Morgan fingerprint density at radius 2 is 1.88 bits per heavy atom. The number of hydrogen-bond donors (Lipinski definition) is 2. The van der Waals surface area contributed by atoms with Crippen molar-refractivity contribution < 1.29 is 18.4 Å². The van der Waals surface area contributed by atoms with Crippen LogP contribution in [-0.2, 0) is 11.3 Å². The van der Waals surface area contributed by atoms with Gasteiger partial charge in [-0.15, -0.1) is 22.7 Å². The maximum Gasteiger partial charge on any atom is 0.263 e. The Kier molecular flexibility index (Phi) is 5.38. The van der Waals surface area contributed by atoms with Crippen LogP contribution < -0.4 is 10.6 Å². The van der Waals surface area contributed by atoms with Crippen LogP contribution in [0, 0.1) is 11.6 Å². The Hall–Kier alpha value is -2.65. The fourth-order valence-electron chi connectivity index (χ4n) is 2.14. The maximum absolute atomic E-state index is 13.7. The number of amides is 2. The first-order chi connectivity index (χ1) is 12.4. The molecule has 0 aliphatic heterocycles. The third kappa shape index (κ3) is 4.12. The normalized spacial score (nSPS) is 10.6. The summed E-state index contributed by atoms with van der Waals surface area (Å²) >= 11 is 2.61. The number of nitrogens with one attached hydrogen (secondary N) is 2. The second-order valence-electron chi connectivity index (χ2n) is 5.26. The van der Waals surface area contributed by atoms with Crippen LogP contribution in [0.4, 0.5) is 13.9 Å². The van der Waals surface area contributed by atoms with Gasteiger partial charge in [0.25, 0.3) is 5.91 Å². The summed E-state index contributed by atoms with van der Waals surface area (Å²) < 4.78 is 27.3. The van der Waals surface area contributed by atoms with Gasteiger partial charge in [0.2, 0.25) is 5.91 Å². The van der Waals surface area contributed by atoms with Crippen molar-refractivity contribution in [1.82, 2.24) is 10.3 Å². The number of hydrogen-bond acceptors (Lipinski definition) is 5. The summed E-state index contributed by atoms with van der Waals surface area (Å²) in [5.74, 6) is -2.86. The van der Waals surface area contributed by atoms with Gasteiger partial charge in [-0.05, 0) is 24.3 Å². The first-order valence-electron chi connectivity index (χ1n) is 7.48. The monoisotopic (exact) mass is 393 g/mol. The molecule has 0 spiro atoms. The first-order valence-corrected chi connectivity index (χ1v) is 9.18. The first kappa shape index (κ1) is 18.2. The van der Waals surface area contributed by atoms with E-state index in [1.807, 2.05) is 12.1 Å². The molecule has 0 radical (unpaired) electrons. The van der Waals surface area contributed by atoms with Crippen LogP contribution in [-0.4, -0.2) is 16.8 Å². The van der Waals surface area contributed by atoms with Crippen molar-refractivity contribution in [1.29, 1.82) is 0 Å². The van der Waals surface area contributed by atoms with E-state index < -0.39 is 23.1 Å². The van der Waals surface area contributed by atoms with E-state index in [4.69, 9.17) is 0 Å². The summed E-state index contributed by atoms with van der Waals surface area (Å²) in [4.78, 5) is 29.1. The highest BCUT2D eigenvalue weighted by Crippen LogP contribution is 2.31. The van der Waals surface area contributed by atoms with Crippen LogP contribution in [0.25, 0.3) is 10.6 Å². The van der Waals surface area contributed by atoms with E-state index in [1.165, 1.54) is 24.3 Å². The topological polar surface area (TPSA) is 71.1 Å². The minimum Gasteiger partial charge on any atom is -0.351 e. The molecule has 2 heterocycles. The van der Waals surface area contributed by atoms with Crippen molar-refractivity contribution in [2.24, 2.45) is 0 Å². The van der Waals surface area contributed by atoms with Crippen LogP contribution >= 0.6 is 22.7 Å². The zero-order valence-electron chi connectivity index (χ0n) is 13.5. The summed E-state index contributed by atoms with van der Waals surface area (Å²) in [6.07, 6.45) is 0. The molecule has 0 aliphatic carbocycles. The van der Waals surface area contributed by atoms with E-state index >= 15 is 0 Å². The molecule has 0 atom stereocenters. The van der Waals surface area contributed by atoms with Crippen molar-refractivity contribution in [2.75, 3.05) is 5.32 Å². The molecule has 0 unspecified atom stereocenters. The number of anilines is 1. The zero-order chi connectivity index (χ0) is 18.7. The molecule has 5 nitrogen and oxygen atoms in total. The number of nitrogens with zero attached hydrogens (tertiary/aromatic N) is 1. The molecule has 9 heteroatoms. The lowest BCUT2D eigenvalue weighted by Gasteiger charge is -2.04. The van der Waals surface area contributed by atoms with Gasteiger partial charge in [0, 0.05) is 17.2 Å². The predicted octanol–water partition coefficient (Wildman–Crippen LogP) is 4.04. The number of rotatable bonds is 5. The molecular weight excluding hydrogens is 380 g/mol. The summed E-state index contributed by atoms with van der Waals surface area (Å²) in [6.45, 7) is 1.88. The van der Waals surface area contributed by atoms with E-state index in [9.17, 15) is 18.4 Å². The smallest absolute Gasteiger partial charge is 0.263 e. The zero-order valence-corrected chi connectivity index (χ0v) is 15.1. The molecule has 1 aromatic carbocycles. The minimum atomic E-state index is -0.930.